The van der Waals surface area contributed by atoms with Gasteiger partial charge in [-0.1, -0.05) is 37.6 Å². The maximum atomic E-state index is 11.7. The number of unbranched alkanes of at least 4 members (excludes halogenated alkanes) is 1. The molecule has 0 aliphatic carbocycles. The fraction of sp³-hybridized carbons (Fsp3) is 0.222. The number of carbonyl (C=O) groups excluding carboxylic acids is 1. The Kier molecular flexibility index (Phi) is 5.71. The SMILES string of the molecule is CCCCC(=O)Nc1cccc(/C=C/c2ccccn2)c1. The lowest BCUT2D eigenvalue weighted by molar-refractivity contribution is -0.116. The number of anilines is 1. The summed E-state index contributed by atoms with van der Waals surface area (Å²) < 4.78 is 0. The maximum absolute atomic E-state index is 11.7. The second-order valence-corrected chi connectivity index (χ2v) is 4.87. The Balaban J connectivity index is 2.01. The molecule has 0 aliphatic heterocycles. The summed E-state index contributed by atoms with van der Waals surface area (Å²) in [5.74, 6) is 0.0719. The summed E-state index contributed by atoms with van der Waals surface area (Å²) >= 11 is 0. The molecule has 1 heterocycles. The van der Waals surface area contributed by atoms with Gasteiger partial charge in [0.15, 0.2) is 0 Å². The predicted octanol–water partition coefficient (Wildman–Crippen LogP) is 4.38. The monoisotopic (exact) mass is 280 g/mol. The lowest BCUT2D eigenvalue weighted by atomic mass is 10.1. The van der Waals surface area contributed by atoms with E-state index in [9.17, 15) is 4.79 Å². The van der Waals surface area contributed by atoms with Gasteiger partial charge in [-0.3, -0.25) is 9.78 Å². The molecule has 0 unspecified atom stereocenters. The molecule has 2 aromatic rings. The molecule has 3 nitrogen and oxygen atoms in total. The third-order valence-electron chi connectivity index (χ3n) is 3.06. The van der Waals surface area contributed by atoms with Crippen molar-refractivity contribution < 1.29 is 4.79 Å². The van der Waals surface area contributed by atoms with Gasteiger partial charge in [-0.05, 0) is 42.3 Å². The highest BCUT2D eigenvalue weighted by molar-refractivity contribution is 5.91. The number of pyridine rings is 1. The van der Waals surface area contributed by atoms with Crippen LogP contribution >= 0.6 is 0 Å². The number of nitrogens with zero attached hydrogens (tertiary/aromatic N) is 1. The van der Waals surface area contributed by atoms with Crippen LogP contribution in [0.2, 0.25) is 0 Å². The fourth-order valence-corrected chi connectivity index (χ4v) is 1.94. The number of hydrogen-bond donors (Lipinski definition) is 1. The van der Waals surface area contributed by atoms with E-state index in [2.05, 4.69) is 17.2 Å². The molecule has 108 valence electrons. The van der Waals surface area contributed by atoms with Gasteiger partial charge < -0.3 is 5.32 Å². The molecule has 0 aliphatic rings. The number of carbonyl (C=O) groups is 1. The minimum atomic E-state index is 0.0719. The van der Waals surface area contributed by atoms with E-state index in [1.54, 1.807) is 6.20 Å². The zero-order valence-electron chi connectivity index (χ0n) is 12.3. The summed E-state index contributed by atoms with van der Waals surface area (Å²) in [6.45, 7) is 2.08. The van der Waals surface area contributed by atoms with E-state index in [0.29, 0.717) is 6.42 Å². The Hall–Kier alpha value is -2.42. The van der Waals surface area contributed by atoms with E-state index >= 15 is 0 Å². The molecule has 0 atom stereocenters. The highest BCUT2D eigenvalue weighted by Crippen LogP contribution is 2.14. The van der Waals surface area contributed by atoms with E-state index in [1.165, 1.54) is 0 Å². The zero-order chi connectivity index (χ0) is 14.9. The molecule has 0 radical (unpaired) electrons. The topological polar surface area (TPSA) is 42.0 Å². The maximum Gasteiger partial charge on any atom is 0.224 e. The molecule has 1 aromatic heterocycles. The molecular formula is C18H20N2O. The van der Waals surface area contributed by atoms with Gasteiger partial charge in [-0.15, -0.1) is 0 Å². The van der Waals surface area contributed by atoms with Crippen LogP contribution in [0.15, 0.2) is 48.7 Å². The smallest absolute Gasteiger partial charge is 0.224 e. The Bertz CT molecular complexity index is 606. The molecule has 2 rings (SSSR count). The van der Waals surface area contributed by atoms with Crippen molar-refractivity contribution in [2.75, 3.05) is 5.32 Å². The molecule has 21 heavy (non-hydrogen) atoms. The van der Waals surface area contributed by atoms with E-state index in [1.807, 2.05) is 54.6 Å². The standard InChI is InChI=1S/C18H20N2O/c1-2-3-10-18(21)20-17-9-6-7-15(14-17)11-12-16-8-4-5-13-19-16/h4-9,11-14H,2-3,10H2,1H3,(H,20,21)/b12-11+. The molecule has 0 bridgehead atoms. The minimum Gasteiger partial charge on any atom is -0.326 e. The number of rotatable bonds is 6. The fourth-order valence-electron chi connectivity index (χ4n) is 1.94. The molecule has 1 N–H and O–H groups in total. The summed E-state index contributed by atoms with van der Waals surface area (Å²) in [5.41, 5.74) is 2.78. The lowest BCUT2D eigenvalue weighted by Crippen LogP contribution is -2.10. The van der Waals surface area contributed by atoms with Crippen molar-refractivity contribution in [2.24, 2.45) is 0 Å². The van der Waals surface area contributed by atoms with Gasteiger partial charge in [0.1, 0.15) is 0 Å². The van der Waals surface area contributed by atoms with Gasteiger partial charge in [0, 0.05) is 18.3 Å². The van der Waals surface area contributed by atoms with E-state index in [4.69, 9.17) is 0 Å². The number of benzene rings is 1. The van der Waals surface area contributed by atoms with Crippen LogP contribution in [0.4, 0.5) is 5.69 Å². The first kappa shape index (κ1) is 15.0. The highest BCUT2D eigenvalue weighted by atomic mass is 16.1. The third-order valence-corrected chi connectivity index (χ3v) is 3.06. The van der Waals surface area contributed by atoms with Crippen LogP contribution in [0.25, 0.3) is 12.2 Å². The van der Waals surface area contributed by atoms with Crippen molar-refractivity contribution in [3.63, 3.8) is 0 Å². The summed E-state index contributed by atoms with van der Waals surface area (Å²) in [4.78, 5) is 16.0. The first-order valence-corrected chi connectivity index (χ1v) is 7.27. The van der Waals surface area contributed by atoms with Gasteiger partial charge in [-0.25, -0.2) is 0 Å². The molecule has 3 heteroatoms. The molecule has 0 saturated carbocycles. The van der Waals surface area contributed by atoms with Crippen LogP contribution in [0, 0.1) is 0 Å². The normalized spacial score (nSPS) is 10.7. The Morgan fingerprint density at radius 2 is 2.10 bits per heavy atom. The Labute approximate surface area is 125 Å². The lowest BCUT2D eigenvalue weighted by Gasteiger charge is -2.05. The molecule has 0 saturated heterocycles. The van der Waals surface area contributed by atoms with Crippen LogP contribution in [-0.4, -0.2) is 10.9 Å². The van der Waals surface area contributed by atoms with Gasteiger partial charge in [-0.2, -0.15) is 0 Å². The average Bonchev–Trinajstić information content (AvgIpc) is 2.52. The first-order chi connectivity index (χ1) is 10.3. The van der Waals surface area contributed by atoms with Gasteiger partial charge in [0.05, 0.1) is 5.69 Å². The van der Waals surface area contributed by atoms with Crippen LogP contribution < -0.4 is 5.32 Å². The quantitative estimate of drug-likeness (QED) is 0.853. The second-order valence-electron chi connectivity index (χ2n) is 4.87. The van der Waals surface area contributed by atoms with E-state index < -0.39 is 0 Å². The van der Waals surface area contributed by atoms with Gasteiger partial charge in [0.2, 0.25) is 5.91 Å². The van der Waals surface area contributed by atoms with Crippen LogP contribution in [0.1, 0.15) is 37.4 Å². The average molecular weight is 280 g/mol. The summed E-state index contributed by atoms with van der Waals surface area (Å²) in [7, 11) is 0. The molecular weight excluding hydrogens is 260 g/mol. The van der Waals surface area contributed by atoms with Gasteiger partial charge >= 0.3 is 0 Å². The summed E-state index contributed by atoms with van der Waals surface area (Å²) in [6.07, 6.45) is 8.24. The van der Waals surface area contributed by atoms with E-state index in [0.717, 1.165) is 29.8 Å². The Morgan fingerprint density at radius 3 is 2.86 bits per heavy atom. The van der Waals surface area contributed by atoms with Crippen molar-refractivity contribution in [1.82, 2.24) is 4.98 Å². The zero-order valence-corrected chi connectivity index (χ0v) is 12.3. The number of amides is 1. The second kappa shape index (κ2) is 8.00. The van der Waals surface area contributed by atoms with Crippen LogP contribution in [0.3, 0.4) is 0 Å². The van der Waals surface area contributed by atoms with Crippen molar-refractivity contribution in [3.05, 3.63) is 59.9 Å². The molecule has 1 amide bonds. The molecule has 1 aromatic carbocycles. The molecule has 0 fully saturated rings. The number of hydrogen-bond acceptors (Lipinski definition) is 2. The Morgan fingerprint density at radius 1 is 1.19 bits per heavy atom. The molecule has 0 spiro atoms. The first-order valence-electron chi connectivity index (χ1n) is 7.27. The predicted molar refractivity (Wildman–Crippen MR) is 87.8 cm³/mol. The van der Waals surface area contributed by atoms with Crippen LogP contribution in [0.5, 0.6) is 0 Å². The summed E-state index contributed by atoms with van der Waals surface area (Å²) in [6, 6.07) is 13.6. The van der Waals surface area contributed by atoms with Crippen molar-refractivity contribution >= 4 is 23.7 Å². The third kappa shape index (κ3) is 5.22. The minimum absolute atomic E-state index is 0.0719. The van der Waals surface area contributed by atoms with Gasteiger partial charge in [0.25, 0.3) is 0 Å². The van der Waals surface area contributed by atoms with Crippen molar-refractivity contribution in [2.45, 2.75) is 26.2 Å². The van der Waals surface area contributed by atoms with Crippen molar-refractivity contribution in [1.29, 1.82) is 0 Å². The van der Waals surface area contributed by atoms with Crippen molar-refractivity contribution in [3.8, 4) is 0 Å². The largest absolute Gasteiger partial charge is 0.326 e. The van der Waals surface area contributed by atoms with Crippen LogP contribution in [-0.2, 0) is 4.79 Å². The highest BCUT2D eigenvalue weighted by Gasteiger charge is 2.01. The van der Waals surface area contributed by atoms with E-state index in [-0.39, 0.29) is 5.91 Å². The number of nitrogens with one attached hydrogen (secondary N) is 1. The number of aromatic nitrogens is 1. The summed E-state index contributed by atoms with van der Waals surface area (Å²) in [5, 5.41) is 2.93.